The van der Waals surface area contributed by atoms with Gasteiger partial charge in [-0.25, -0.2) is 0 Å². The van der Waals surface area contributed by atoms with Gasteiger partial charge >= 0.3 is 0 Å². The lowest BCUT2D eigenvalue weighted by molar-refractivity contribution is -0.139. The summed E-state index contributed by atoms with van der Waals surface area (Å²) in [6.45, 7) is 5.19. The molecule has 2 fully saturated rings. The number of aliphatic hydroxyl groups is 1. The molecule has 0 aromatic heterocycles. The SMILES string of the molecule is CCC(C)(C(O)C1CCOC2(CCSCC2)C1)N(C)C. The minimum absolute atomic E-state index is 0.0656. The fraction of sp³-hybridized carbons (Fsp3) is 1.00. The van der Waals surface area contributed by atoms with E-state index in [0.717, 1.165) is 38.7 Å². The van der Waals surface area contributed by atoms with Crippen molar-refractivity contribution in [3.8, 4) is 0 Å². The summed E-state index contributed by atoms with van der Waals surface area (Å²) < 4.78 is 6.16. The normalized spacial score (nSPS) is 31.2. The third-order valence-electron chi connectivity index (χ3n) is 5.76. The number of ether oxygens (including phenoxy) is 1. The van der Waals surface area contributed by atoms with E-state index in [-0.39, 0.29) is 17.2 Å². The predicted octanol–water partition coefficient (Wildman–Crippen LogP) is 2.77. The molecule has 3 atom stereocenters. The van der Waals surface area contributed by atoms with E-state index >= 15 is 0 Å². The van der Waals surface area contributed by atoms with Crippen LogP contribution in [0.3, 0.4) is 0 Å². The average Bonchev–Trinajstić information content (AvgIpc) is 2.46. The summed E-state index contributed by atoms with van der Waals surface area (Å²) in [6, 6.07) is 0. The molecule has 0 aliphatic carbocycles. The van der Waals surface area contributed by atoms with E-state index in [1.54, 1.807) is 0 Å². The van der Waals surface area contributed by atoms with E-state index in [1.807, 2.05) is 11.8 Å². The van der Waals surface area contributed by atoms with Crippen LogP contribution in [-0.4, -0.2) is 59.5 Å². The van der Waals surface area contributed by atoms with Crippen molar-refractivity contribution in [3.05, 3.63) is 0 Å². The van der Waals surface area contributed by atoms with Gasteiger partial charge in [0.1, 0.15) is 0 Å². The lowest BCUT2D eigenvalue weighted by Gasteiger charge is -2.49. The summed E-state index contributed by atoms with van der Waals surface area (Å²) in [5, 5.41) is 11.0. The smallest absolute Gasteiger partial charge is 0.0750 e. The first-order valence-corrected chi connectivity index (χ1v) is 9.16. The Morgan fingerprint density at radius 3 is 2.60 bits per heavy atom. The van der Waals surface area contributed by atoms with Crippen LogP contribution >= 0.6 is 11.8 Å². The first-order valence-electron chi connectivity index (χ1n) is 8.01. The average molecular weight is 301 g/mol. The first kappa shape index (κ1) is 16.6. The number of thioether (sulfide) groups is 1. The van der Waals surface area contributed by atoms with Crippen LogP contribution in [0.1, 0.15) is 46.0 Å². The molecule has 2 saturated heterocycles. The lowest BCUT2D eigenvalue weighted by atomic mass is 9.73. The first-order chi connectivity index (χ1) is 9.43. The van der Waals surface area contributed by atoms with Gasteiger partial charge in [-0.05, 0) is 70.5 Å². The molecule has 2 aliphatic rings. The van der Waals surface area contributed by atoms with Crippen molar-refractivity contribution in [2.24, 2.45) is 5.92 Å². The van der Waals surface area contributed by atoms with Crippen LogP contribution in [-0.2, 0) is 4.74 Å². The molecule has 4 heteroatoms. The van der Waals surface area contributed by atoms with E-state index in [2.05, 4.69) is 32.8 Å². The highest BCUT2D eigenvalue weighted by Gasteiger charge is 2.45. The molecule has 3 nitrogen and oxygen atoms in total. The molecule has 1 N–H and O–H groups in total. The maximum Gasteiger partial charge on any atom is 0.0750 e. The van der Waals surface area contributed by atoms with E-state index in [4.69, 9.17) is 4.74 Å². The molecule has 2 heterocycles. The summed E-state index contributed by atoms with van der Waals surface area (Å²) in [4.78, 5) is 2.19. The minimum atomic E-state index is -0.266. The zero-order chi connectivity index (χ0) is 14.8. The third-order valence-corrected chi connectivity index (χ3v) is 6.74. The maximum absolute atomic E-state index is 11.0. The highest BCUT2D eigenvalue weighted by molar-refractivity contribution is 7.99. The molecular weight excluding hydrogens is 270 g/mol. The van der Waals surface area contributed by atoms with Crippen LogP contribution in [0.5, 0.6) is 0 Å². The molecule has 2 aliphatic heterocycles. The molecule has 0 aromatic rings. The monoisotopic (exact) mass is 301 g/mol. The Kier molecular flexibility index (Phi) is 5.44. The van der Waals surface area contributed by atoms with Crippen molar-refractivity contribution in [1.29, 1.82) is 0 Å². The Morgan fingerprint density at radius 2 is 2.05 bits per heavy atom. The quantitative estimate of drug-likeness (QED) is 0.865. The Labute approximate surface area is 128 Å². The standard InChI is InChI=1S/C16H31NO2S/c1-5-15(2,17(3)4)14(18)13-6-9-19-16(12-13)7-10-20-11-8-16/h13-14,18H,5-12H2,1-4H3. The Hall–Kier alpha value is 0.230. The summed E-state index contributed by atoms with van der Waals surface area (Å²) in [5.41, 5.74) is -0.0667. The van der Waals surface area contributed by atoms with Gasteiger partial charge < -0.3 is 14.7 Å². The molecule has 3 unspecified atom stereocenters. The fourth-order valence-corrected chi connectivity index (χ4v) is 4.96. The summed E-state index contributed by atoms with van der Waals surface area (Å²) in [5.74, 6) is 2.79. The van der Waals surface area contributed by atoms with Crippen molar-refractivity contribution < 1.29 is 9.84 Å². The molecule has 0 bridgehead atoms. The Balaban J connectivity index is 2.08. The Morgan fingerprint density at radius 1 is 1.40 bits per heavy atom. The van der Waals surface area contributed by atoms with Crippen LogP contribution in [0.15, 0.2) is 0 Å². The van der Waals surface area contributed by atoms with E-state index in [9.17, 15) is 5.11 Å². The summed E-state index contributed by atoms with van der Waals surface area (Å²) in [6.07, 6.45) is 5.06. The predicted molar refractivity (Wildman–Crippen MR) is 86.4 cm³/mol. The number of nitrogens with zero attached hydrogens (tertiary/aromatic N) is 1. The maximum atomic E-state index is 11.0. The molecule has 20 heavy (non-hydrogen) atoms. The van der Waals surface area contributed by atoms with Crippen molar-refractivity contribution >= 4 is 11.8 Å². The number of rotatable bonds is 4. The van der Waals surface area contributed by atoms with Gasteiger partial charge in [0.2, 0.25) is 0 Å². The van der Waals surface area contributed by atoms with Crippen molar-refractivity contribution in [2.75, 3.05) is 32.2 Å². The third kappa shape index (κ3) is 3.18. The highest BCUT2D eigenvalue weighted by atomic mass is 32.2. The van der Waals surface area contributed by atoms with Crippen molar-refractivity contribution in [2.45, 2.75) is 63.2 Å². The largest absolute Gasteiger partial charge is 0.391 e. The summed E-state index contributed by atoms with van der Waals surface area (Å²) >= 11 is 2.04. The molecule has 2 rings (SSSR count). The van der Waals surface area contributed by atoms with Crippen LogP contribution in [0.25, 0.3) is 0 Å². The van der Waals surface area contributed by atoms with Gasteiger partial charge in [-0.2, -0.15) is 11.8 Å². The van der Waals surface area contributed by atoms with Gasteiger partial charge in [-0.3, -0.25) is 0 Å². The van der Waals surface area contributed by atoms with Gasteiger partial charge in [0.05, 0.1) is 11.7 Å². The molecule has 1 spiro atoms. The zero-order valence-corrected chi connectivity index (χ0v) is 14.3. The highest BCUT2D eigenvalue weighted by Crippen LogP contribution is 2.43. The van der Waals surface area contributed by atoms with Crippen LogP contribution in [0.2, 0.25) is 0 Å². The second-order valence-electron chi connectivity index (χ2n) is 6.95. The van der Waals surface area contributed by atoms with E-state index in [1.165, 1.54) is 11.5 Å². The molecule has 0 amide bonds. The number of hydrogen-bond donors (Lipinski definition) is 1. The Bertz CT molecular complexity index is 312. The summed E-state index contributed by atoms with van der Waals surface area (Å²) in [7, 11) is 4.16. The van der Waals surface area contributed by atoms with Gasteiger partial charge in [-0.15, -0.1) is 0 Å². The number of likely N-dealkylation sites (N-methyl/N-ethyl adjacent to an activating group) is 1. The molecule has 0 radical (unpaired) electrons. The fourth-order valence-electron chi connectivity index (χ4n) is 3.72. The second kappa shape index (κ2) is 6.55. The molecule has 0 saturated carbocycles. The van der Waals surface area contributed by atoms with Crippen molar-refractivity contribution in [3.63, 3.8) is 0 Å². The van der Waals surface area contributed by atoms with E-state index < -0.39 is 0 Å². The minimum Gasteiger partial charge on any atom is -0.391 e. The molecule has 0 aromatic carbocycles. The van der Waals surface area contributed by atoms with Gasteiger partial charge in [0.15, 0.2) is 0 Å². The van der Waals surface area contributed by atoms with Gasteiger partial charge in [0.25, 0.3) is 0 Å². The van der Waals surface area contributed by atoms with Crippen LogP contribution < -0.4 is 0 Å². The van der Waals surface area contributed by atoms with Crippen LogP contribution in [0.4, 0.5) is 0 Å². The topological polar surface area (TPSA) is 32.7 Å². The van der Waals surface area contributed by atoms with E-state index in [0.29, 0.717) is 5.92 Å². The second-order valence-corrected chi connectivity index (χ2v) is 8.17. The van der Waals surface area contributed by atoms with Crippen LogP contribution in [0, 0.1) is 5.92 Å². The van der Waals surface area contributed by atoms with Crippen molar-refractivity contribution in [1.82, 2.24) is 4.90 Å². The molecule has 118 valence electrons. The van der Waals surface area contributed by atoms with Gasteiger partial charge in [-0.1, -0.05) is 6.92 Å². The number of aliphatic hydroxyl groups excluding tert-OH is 1. The zero-order valence-electron chi connectivity index (χ0n) is 13.5. The van der Waals surface area contributed by atoms with Gasteiger partial charge in [0, 0.05) is 12.1 Å². The lowest BCUT2D eigenvalue weighted by Crippen LogP contribution is -2.56. The number of hydrogen-bond acceptors (Lipinski definition) is 4. The molecular formula is C16H31NO2S.